The van der Waals surface area contributed by atoms with E-state index in [1.807, 2.05) is 0 Å². The van der Waals surface area contributed by atoms with Gasteiger partial charge in [0.05, 0.1) is 0 Å². The Morgan fingerprint density at radius 3 is 1.38 bits per heavy atom. The largest absolute Gasteiger partial charge is 0.455 e. The second-order valence-electron chi connectivity index (χ2n) is 15.2. The highest BCUT2D eigenvalue weighted by atomic mass is 16.3. The van der Waals surface area contributed by atoms with Gasteiger partial charge in [0.15, 0.2) is 0 Å². The smallest absolute Gasteiger partial charge is 0.143 e. The fourth-order valence-corrected chi connectivity index (χ4v) is 9.73. The van der Waals surface area contributed by atoms with Gasteiger partial charge >= 0.3 is 0 Å². The molecular formula is C54H30O. The van der Waals surface area contributed by atoms with E-state index in [4.69, 9.17) is 4.42 Å². The molecule has 12 aromatic carbocycles. The van der Waals surface area contributed by atoms with Gasteiger partial charge < -0.3 is 4.42 Å². The second kappa shape index (κ2) is 10.7. The first-order chi connectivity index (χ1) is 27.2. The summed E-state index contributed by atoms with van der Waals surface area (Å²) in [7, 11) is 0. The summed E-state index contributed by atoms with van der Waals surface area (Å²) >= 11 is 0. The van der Waals surface area contributed by atoms with Crippen molar-refractivity contribution < 1.29 is 4.42 Å². The monoisotopic (exact) mass is 694 g/mol. The number of furan rings is 1. The van der Waals surface area contributed by atoms with E-state index in [0.29, 0.717) is 0 Å². The van der Waals surface area contributed by atoms with Gasteiger partial charge in [-0.15, -0.1) is 0 Å². The zero-order valence-corrected chi connectivity index (χ0v) is 29.7. The van der Waals surface area contributed by atoms with Gasteiger partial charge in [0.25, 0.3) is 0 Å². The van der Waals surface area contributed by atoms with E-state index >= 15 is 0 Å². The number of fused-ring (bicyclic) bond motifs is 4. The van der Waals surface area contributed by atoms with Crippen LogP contribution in [0, 0.1) is 0 Å². The van der Waals surface area contributed by atoms with Crippen molar-refractivity contribution in [3.8, 4) is 33.4 Å². The zero-order chi connectivity index (χ0) is 35.8. The van der Waals surface area contributed by atoms with Gasteiger partial charge in [-0.1, -0.05) is 158 Å². The summed E-state index contributed by atoms with van der Waals surface area (Å²) in [4.78, 5) is 0. The van der Waals surface area contributed by atoms with Crippen molar-refractivity contribution in [3.05, 3.63) is 182 Å². The van der Waals surface area contributed by atoms with Gasteiger partial charge in [-0.25, -0.2) is 0 Å². The van der Waals surface area contributed by atoms with E-state index < -0.39 is 0 Å². The molecule has 1 heterocycles. The first-order valence-corrected chi connectivity index (χ1v) is 19.1. The molecule has 0 saturated heterocycles. The van der Waals surface area contributed by atoms with Crippen LogP contribution in [0.25, 0.3) is 131 Å². The summed E-state index contributed by atoms with van der Waals surface area (Å²) < 4.78 is 6.89. The predicted molar refractivity (Wildman–Crippen MR) is 235 cm³/mol. The number of hydrogen-bond acceptors (Lipinski definition) is 1. The highest BCUT2D eigenvalue weighted by Gasteiger charge is 2.20. The fraction of sp³-hybridized carbons (Fsp3) is 0. The maximum absolute atomic E-state index is 6.89. The van der Waals surface area contributed by atoms with E-state index in [0.717, 1.165) is 27.5 Å². The fourth-order valence-electron chi connectivity index (χ4n) is 9.73. The van der Waals surface area contributed by atoms with Crippen LogP contribution in [0.4, 0.5) is 0 Å². The Bertz CT molecular complexity index is 3660. The summed E-state index contributed by atoms with van der Waals surface area (Å²) in [5, 5.41) is 20.2. The molecule has 0 fully saturated rings. The molecule has 0 aliphatic heterocycles. The normalized spacial score (nSPS) is 12.4. The van der Waals surface area contributed by atoms with Crippen LogP contribution in [0.3, 0.4) is 0 Å². The predicted octanol–water partition coefficient (Wildman–Crippen LogP) is 15.5. The van der Waals surface area contributed by atoms with Crippen LogP contribution in [0.15, 0.2) is 186 Å². The molecule has 1 aromatic heterocycles. The van der Waals surface area contributed by atoms with Gasteiger partial charge in [0.1, 0.15) is 11.2 Å². The molecule has 1 nitrogen and oxygen atoms in total. The quantitative estimate of drug-likeness (QED) is 0.168. The number of benzene rings is 12. The van der Waals surface area contributed by atoms with Crippen molar-refractivity contribution >= 4 is 97.3 Å². The van der Waals surface area contributed by atoms with Crippen molar-refractivity contribution in [2.75, 3.05) is 0 Å². The lowest BCUT2D eigenvalue weighted by molar-refractivity contribution is 0.670. The first-order valence-electron chi connectivity index (χ1n) is 19.1. The Morgan fingerprint density at radius 1 is 0.255 bits per heavy atom. The highest BCUT2D eigenvalue weighted by Crippen LogP contribution is 2.46. The third kappa shape index (κ3) is 4.07. The Morgan fingerprint density at radius 2 is 0.745 bits per heavy atom. The second-order valence-corrected chi connectivity index (χ2v) is 15.2. The molecule has 0 bridgehead atoms. The Balaban J connectivity index is 1.04. The molecule has 13 aromatic rings. The lowest BCUT2D eigenvalue weighted by atomic mass is 9.88. The standard InChI is InChI=1S/C54H30O/c1-2-6-40-30-49-46(27-39(40)5-1)48-29-41(28-47(54(48)55-49)43-24-20-38-18-16-34-8-4-10-36-22-26-45(43)53(38)51(34)36)31-11-13-32(14-12-31)42-23-19-37-17-15-33-7-3-9-35-21-25-44(42)52(37)50(33)35/h1-30H. The van der Waals surface area contributed by atoms with Crippen LogP contribution in [0.1, 0.15) is 0 Å². The van der Waals surface area contributed by atoms with Gasteiger partial charge in [0, 0.05) is 16.3 Å². The summed E-state index contributed by atoms with van der Waals surface area (Å²) in [6.45, 7) is 0. The molecule has 0 spiro atoms. The molecule has 0 saturated carbocycles. The van der Waals surface area contributed by atoms with Crippen molar-refractivity contribution in [1.82, 2.24) is 0 Å². The van der Waals surface area contributed by atoms with Gasteiger partial charge in [0.2, 0.25) is 0 Å². The Hall–Kier alpha value is -7.22. The molecule has 252 valence electrons. The molecule has 13 rings (SSSR count). The van der Waals surface area contributed by atoms with Gasteiger partial charge in [-0.05, 0) is 127 Å². The molecule has 0 atom stereocenters. The minimum absolute atomic E-state index is 0.911. The topological polar surface area (TPSA) is 13.1 Å². The van der Waals surface area contributed by atoms with Crippen LogP contribution in [-0.4, -0.2) is 0 Å². The van der Waals surface area contributed by atoms with Crippen LogP contribution in [-0.2, 0) is 0 Å². The molecule has 0 unspecified atom stereocenters. The first kappa shape index (κ1) is 29.3. The highest BCUT2D eigenvalue weighted by molar-refractivity contribution is 6.27. The minimum Gasteiger partial charge on any atom is -0.455 e. The SMILES string of the molecule is c1ccc2cc3c(cc2c1)oc1c(-c2ccc4ccc5cccc6ccc2c4c56)cc(-c2ccc(-c4ccc5ccc6cccc7ccc4c5c67)cc2)cc13. The zero-order valence-electron chi connectivity index (χ0n) is 29.7. The van der Waals surface area contributed by atoms with Gasteiger partial charge in [-0.2, -0.15) is 0 Å². The minimum atomic E-state index is 0.911. The molecular weight excluding hydrogens is 665 g/mol. The lowest BCUT2D eigenvalue weighted by Crippen LogP contribution is -1.89. The number of rotatable bonds is 3. The molecule has 0 radical (unpaired) electrons. The molecule has 0 aliphatic carbocycles. The van der Waals surface area contributed by atoms with E-state index in [9.17, 15) is 0 Å². The van der Waals surface area contributed by atoms with E-state index in [2.05, 4.69) is 182 Å². The molecule has 55 heavy (non-hydrogen) atoms. The molecule has 1 heteroatoms. The third-order valence-electron chi connectivity index (χ3n) is 12.3. The molecule has 0 aliphatic rings. The Labute approximate surface area is 315 Å². The summed E-state index contributed by atoms with van der Waals surface area (Å²) in [6.07, 6.45) is 0. The summed E-state index contributed by atoms with van der Waals surface area (Å²) in [5.41, 5.74) is 8.96. The third-order valence-corrected chi connectivity index (χ3v) is 12.3. The van der Waals surface area contributed by atoms with Crippen LogP contribution in [0.2, 0.25) is 0 Å². The average Bonchev–Trinajstić information content (AvgIpc) is 3.61. The van der Waals surface area contributed by atoms with Crippen molar-refractivity contribution in [2.45, 2.75) is 0 Å². The average molecular weight is 695 g/mol. The Kier molecular flexibility index (Phi) is 5.69. The van der Waals surface area contributed by atoms with E-state index in [-0.39, 0.29) is 0 Å². The summed E-state index contributed by atoms with van der Waals surface area (Å²) in [5.74, 6) is 0. The molecule has 0 amide bonds. The van der Waals surface area contributed by atoms with Crippen molar-refractivity contribution in [3.63, 3.8) is 0 Å². The van der Waals surface area contributed by atoms with Crippen molar-refractivity contribution in [1.29, 1.82) is 0 Å². The molecule has 0 N–H and O–H groups in total. The number of hydrogen-bond donors (Lipinski definition) is 0. The lowest BCUT2D eigenvalue weighted by Gasteiger charge is -2.16. The van der Waals surface area contributed by atoms with E-state index in [1.165, 1.54) is 103 Å². The van der Waals surface area contributed by atoms with Crippen LogP contribution in [0.5, 0.6) is 0 Å². The maximum atomic E-state index is 6.89. The van der Waals surface area contributed by atoms with Crippen molar-refractivity contribution in [2.24, 2.45) is 0 Å². The summed E-state index contributed by atoms with van der Waals surface area (Å²) in [6, 6.07) is 67.4. The maximum Gasteiger partial charge on any atom is 0.143 e. The van der Waals surface area contributed by atoms with Gasteiger partial charge in [-0.3, -0.25) is 0 Å². The van der Waals surface area contributed by atoms with Crippen LogP contribution >= 0.6 is 0 Å². The van der Waals surface area contributed by atoms with E-state index in [1.54, 1.807) is 0 Å². The van der Waals surface area contributed by atoms with Crippen LogP contribution < -0.4 is 0 Å².